The molecule has 0 amide bonds. The van der Waals surface area contributed by atoms with E-state index >= 15 is 0 Å². The van der Waals surface area contributed by atoms with Crippen molar-refractivity contribution < 1.29 is 9.15 Å². The zero-order chi connectivity index (χ0) is 18.0. The second kappa shape index (κ2) is 12.0. The smallest absolute Gasteiger partial charge is 0.191 e. The zero-order valence-electron chi connectivity index (χ0n) is 15.9. The molecule has 27 heavy (non-hydrogen) atoms. The molecule has 0 bridgehead atoms. The van der Waals surface area contributed by atoms with E-state index in [9.17, 15) is 0 Å². The third kappa shape index (κ3) is 7.92. The highest BCUT2D eigenvalue weighted by Gasteiger charge is 2.31. The van der Waals surface area contributed by atoms with Crippen LogP contribution in [0.1, 0.15) is 24.2 Å². The van der Waals surface area contributed by atoms with Crippen LogP contribution in [-0.2, 0) is 17.6 Å². The molecule has 0 aliphatic heterocycles. The van der Waals surface area contributed by atoms with Gasteiger partial charge in [0.15, 0.2) is 5.96 Å². The van der Waals surface area contributed by atoms with Gasteiger partial charge in [0.05, 0.1) is 18.9 Å². The summed E-state index contributed by atoms with van der Waals surface area (Å²) in [6, 6.07) is 14.7. The molecule has 1 aromatic heterocycles. The minimum Gasteiger partial charge on any atom is -0.469 e. The minimum absolute atomic E-state index is 0. The molecule has 6 heteroatoms. The lowest BCUT2D eigenvalue weighted by atomic mass is 10.1. The lowest BCUT2D eigenvalue weighted by Gasteiger charge is -2.21. The quantitative estimate of drug-likeness (QED) is 0.308. The summed E-state index contributed by atoms with van der Waals surface area (Å²) in [4.78, 5) is 4.74. The van der Waals surface area contributed by atoms with Crippen LogP contribution in [0.15, 0.2) is 58.1 Å². The van der Waals surface area contributed by atoms with E-state index in [0.717, 1.165) is 31.1 Å². The van der Waals surface area contributed by atoms with E-state index < -0.39 is 0 Å². The maximum absolute atomic E-state index is 5.39. The molecule has 1 aliphatic carbocycles. The number of guanidine groups is 1. The summed E-state index contributed by atoms with van der Waals surface area (Å²) in [5.41, 5.74) is 1.32. The number of hydrogen-bond acceptors (Lipinski definition) is 3. The van der Waals surface area contributed by atoms with Gasteiger partial charge in [-0.1, -0.05) is 30.3 Å². The first-order chi connectivity index (χ1) is 12.8. The van der Waals surface area contributed by atoms with Gasteiger partial charge >= 0.3 is 0 Å². The van der Waals surface area contributed by atoms with Crippen LogP contribution in [0.4, 0.5) is 0 Å². The van der Waals surface area contributed by atoms with Crippen LogP contribution in [0.5, 0.6) is 0 Å². The van der Waals surface area contributed by atoms with Gasteiger partial charge in [-0.25, -0.2) is 0 Å². The number of nitrogens with zero attached hydrogens (tertiary/aromatic N) is 1. The fraction of sp³-hybridized carbons (Fsp3) is 0.476. The molecule has 0 spiro atoms. The lowest BCUT2D eigenvalue weighted by molar-refractivity contribution is 0.165. The number of nitrogens with one attached hydrogen (secondary N) is 2. The minimum atomic E-state index is 0. The standard InChI is InChI=1S/C21H29N3O2.HI/c1-25-16-20(18-9-10-18)24-21(23-14-12-19-8-5-15-26-19)22-13-11-17-6-3-2-4-7-17;/h2-8,15,18,20H,9-14,16H2,1H3,(H2,22,23,24);1H. The Balaban J connectivity index is 0.00000261. The van der Waals surface area contributed by atoms with Crippen molar-refractivity contribution in [3.8, 4) is 0 Å². The third-order valence-corrected chi connectivity index (χ3v) is 4.62. The van der Waals surface area contributed by atoms with E-state index in [1.807, 2.05) is 18.2 Å². The van der Waals surface area contributed by atoms with Gasteiger partial charge in [0.1, 0.15) is 5.76 Å². The molecule has 0 saturated heterocycles. The molecule has 1 fully saturated rings. The Kier molecular flexibility index (Phi) is 9.69. The van der Waals surface area contributed by atoms with Crippen LogP contribution < -0.4 is 10.6 Å². The highest BCUT2D eigenvalue weighted by atomic mass is 127. The predicted octanol–water partition coefficient (Wildman–Crippen LogP) is 3.64. The molecule has 0 radical (unpaired) electrons. The van der Waals surface area contributed by atoms with Gasteiger partial charge in [0.2, 0.25) is 0 Å². The van der Waals surface area contributed by atoms with E-state index in [1.54, 1.807) is 13.4 Å². The Labute approximate surface area is 179 Å². The molecule has 1 heterocycles. The summed E-state index contributed by atoms with van der Waals surface area (Å²) in [7, 11) is 1.76. The Morgan fingerprint density at radius 2 is 2.00 bits per heavy atom. The Morgan fingerprint density at radius 1 is 1.19 bits per heavy atom. The molecule has 3 rings (SSSR count). The second-order valence-corrected chi connectivity index (χ2v) is 6.77. The van der Waals surface area contributed by atoms with Gasteiger partial charge in [0.25, 0.3) is 0 Å². The van der Waals surface area contributed by atoms with Gasteiger partial charge in [0, 0.05) is 26.6 Å². The average Bonchev–Trinajstić information content (AvgIpc) is 3.38. The lowest BCUT2D eigenvalue weighted by Crippen LogP contribution is -2.47. The largest absolute Gasteiger partial charge is 0.469 e. The first kappa shape index (κ1) is 21.8. The molecule has 1 saturated carbocycles. The van der Waals surface area contributed by atoms with E-state index in [1.165, 1.54) is 18.4 Å². The fourth-order valence-electron chi connectivity index (χ4n) is 3.00. The maximum atomic E-state index is 5.39. The molecular formula is C21H30IN3O2. The topological polar surface area (TPSA) is 58.8 Å². The monoisotopic (exact) mass is 483 g/mol. The summed E-state index contributed by atoms with van der Waals surface area (Å²) in [5, 5.41) is 7.04. The molecule has 1 aliphatic rings. The van der Waals surface area contributed by atoms with Crippen LogP contribution in [0.3, 0.4) is 0 Å². The summed E-state index contributed by atoms with van der Waals surface area (Å²) < 4.78 is 10.8. The summed E-state index contributed by atoms with van der Waals surface area (Å²) >= 11 is 0. The molecular weight excluding hydrogens is 453 g/mol. The van der Waals surface area contributed by atoms with Gasteiger partial charge in [-0.15, -0.1) is 24.0 Å². The van der Waals surface area contributed by atoms with Gasteiger partial charge in [-0.3, -0.25) is 4.99 Å². The number of aliphatic imine (C=N–C) groups is 1. The molecule has 1 atom stereocenters. The predicted molar refractivity (Wildman–Crippen MR) is 120 cm³/mol. The highest BCUT2D eigenvalue weighted by molar-refractivity contribution is 14.0. The van der Waals surface area contributed by atoms with Crippen molar-refractivity contribution in [2.45, 2.75) is 31.7 Å². The maximum Gasteiger partial charge on any atom is 0.191 e. The molecule has 1 aromatic carbocycles. The number of methoxy groups -OCH3 is 1. The average molecular weight is 483 g/mol. The van der Waals surface area contributed by atoms with Crippen molar-refractivity contribution in [2.75, 3.05) is 26.8 Å². The number of benzene rings is 1. The Hall–Kier alpha value is -1.54. The highest BCUT2D eigenvalue weighted by Crippen LogP contribution is 2.32. The third-order valence-electron chi connectivity index (χ3n) is 4.62. The molecule has 2 N–H and O–H groups in total. The Bertz CT molecular complexity index is 657. The molecule has 148 valence electrons. The number of halogens is 1. The first-order valence-electron chi connectivity index (χ1n) is 9.45. The fourth-order valence-corrected chi connectivity index (χ4v) is 3.00. The van der Waals surface area contributed by atoms with Gasteiger partial charge < -0.3 is 19.8 Å². The number of rotatable bonds is 10. The summed E-state index contributed by atoms with van der Waals surface area (Å²) in [5.74, 6) is 2.52. The SMILES string of the molecule is COCC(NC(=NCCc1ccco1)NCCc1ccccc1)C1CC1.I. The van der Waals surface area contributed by atoms with E-state index in [0.29, 0.717) is 25.1 Å². The van der Waals surface area contributed by atoms with Crippen LogP contribution in [0, 0.1) is 5.92 Å². The van der Waals surface area contributed by atoms with Crippen molar-refractivity contribution >= 4 is 29.9 Å². The molecule has 1 unspecified atom stereocenters. The molecule has 2 aromatic rings. The van der Waals surface area contributed by atoms with Crippen molar-refractivity contribution in [3.05, 3.63) is 60.1 Å². The Morgan fingerprint density at radius 3 is 2.67 bits per heavy atom. The summed E-state index contributed by atoms with van der Waals surface area (Å²) in [6.07, 6.45) is 6.02. The first-order valence-corrected chi connectivity index (χ1v) is 9.45. The zero-order valence-corrected chi connectivity index (χ0v) is 18.2. The van der Waals surface area contributed by atoms with E-state index in [4.69, 9.17) is 14.1 Å². The molecule has 5 nitrogen and oxygen atoms in total. The summed E-state index contributed by atoms with van der Waals surface area (Å²) in [6.45, 7) is 2.25. The van der Waals surface area contributed by atoms with Crippen molar-refractivity contribution in [1.82, 2.24) is 10.6 Å². The van der Waals surface area contributed by atoms with Gasteiger partial charge in [-0.2, -0.15) is 0 Å². The number of ether oxygens (including phenoxy) is 1. The van der Waals surface area contributed by atoms with E-state index in [2.05, 4.69) is 34.9 Å². The normalized spacial score (nSPS) is 15.1. The van der Waals surface area contributed by atoms with Crippen molar-refractivity contribution in [3.63, 3.8) is 0 Å². The second-order valence-electron chi connectivity index (χ2n) is 6.77. The van der Waals surface area contributed by atoms with Crippen molar-refractivity contribution in [1.29, 1.82) is 0 Å². The van der Waals surface area contributed by atoms with Crippen LogP contribution >= 0.6 is 24.0 Å². The number of furan rings is 1. The number of hydrogen-bond donors (Lipinski definition) is 2. The van der Waals surface area contributed by atoms with Crippen LogP contribution in [0.25, 0.3) is 0 Å². The van der Waals surface area contributed by atoms with Gasteiger partial charge in [-0.05, 0) is 42.9 Å². The van der Waals surface area contributed by atoms with Crippen LogP contribution in [-0.4, -0.2) is 38.8 Å². The van der Waals surface area contributed by atoms with E-state index in [-0.39, 0.29) is 24.0 Å². The van der Waals surface area contributed by atoms with Crippen LogP contribution in [0.2, 0.25) is 0 Å². The van der Waals surface area contributed by atoms with Crippen molar-refractivity contribution in [2.24, 2.45) is 10.9 Å².